The topological polar surface area (TPSA) is 9.23 Å². The number of hydrogen-bond acceptors (Lipinski definition) is 1. The first-order chi connectivity index (χ1) is 6.92. The molecule has 0 radical (unpaired) electrons. The van der Waals surface area contributed by atoms with E-state index in [1.807, 2.05) is 6.07 Å². The molecular weight excluding hydrogens is 240 g/mol. The zero-order valence-electron chi connectivity index (χ0n) is 8.21. The van der Waals surface area contributed by atoms with Crippen LogP contribution in [0, 0.1) is 0 Å². The summed E-state index contributed by atoms with van der Waals surface area (Å²) in [7, 11) is 0. The van der Waals surface area contributed by atoms with Crippen molar-refractivity contribution in [2.24, 2.45) is 0 Å². The number of rotatable bonds is 4. The monoisotopic (exact) mass is 254 g/mol. The van der Waals surface area contributed by atoms with Gasteiger partial charge in [0.2, 0.25) is 0 Å². The molecule has 1 aromatic carbocycles. The van der Waals surface area contributed by atoms with Crippen molar-refractivity contribution in [3.8, 4) is 5.75 Å². The Kier molecular flexibility index (Phi) is 3.46. The number of alkyl halides is 1. The Bertz CT molecular complexity index is 298. The van der Waals surface area contributed by atoms with Crippen molar-refractivity contribution in [2.45, 2.75) is 25.2 Å². The predicted octanol–water partition coefficient (Wildman–Crippen LogP) is 3.73. The molecule has 76 valence electrons. The maximum atomic E-state index is 5.63. The van der Waals surface area contributed by atoms with Gasteiger partial charge in [0, 0.05) is 16.8 Å². The summed E-state index contributed by atoms with van der Waals surface area (Å²) in [4.78, 5) is 0. The second-order valence-electron chi connectivity index (χ2n) is 3.73. The fraction of sp³-hybridized carbons (Fsp3) is 0.500. The largest absolute Gasteiger partial charge is 0.493 e. The highest BCUT2D eigenvalue weighted by atomic mass is 79.9. The molecule has 0 saturated carbocycles. The third-order valence-electron chi connectivity index (χ3n) is 2.74. The van der Waals surface area contributed by atoms with E-state index >= 15 is 0 Å². The molecule has 14 heavy (non-hydrogen) atoms. The summed E-state index contributed by atoms with van der Waals surface area (Å²) < 4.78 is 5.63. The van der Waals surface area contributed by atoms with Crippen molar-refractivity contribution in [3.63, 3.8) is 0 Å². The van der Waals surface area contributed by atoms with E-state index in [0.717, 1.165) is 17.7 Å². The average Bonchev–Trinajstić information content (AvgIpc) is 2.63. The summed E-state index contributed by atoms with van der Waals surface area (Å²) >= 11 is 3.46. The Balaban J connectivity index is 1.96. The van der Waals surface area contributed by atoms with E-state index in [1.54, 1.807) is 0 Å². The molecule has 1 aliphatic rings. The van der Waals surface area contributed by atoms with Crippen LogP contribution in [0.1, 0.15) is 30.7 Å². The Hall–Kier alpha value is -0.500. The van der Waals surface area contributed by atoms with Crippen molar-refractivity contribution in [3.05, 3.63) is 29.8 Å². The quantitative estimate of drug-likeness (QED) is 0.588. The number of hydrogen-bond donors (Lipinski definition) is 0. The molecule has 1 unspecified atom stereocenters. The maximum Gasteiger partial charge on any atom is 0.122 e. The van der Waals surface area contributed by atoms with E-state index in [-0.39, 0.29) is 0 Å². The molecule has 0 aliphatic carbocycles. The second kappa shape index (κ2) is 4.83. The lowest BCUT2D eigenvalue weighted by Crippen LogP contribution is -2.00. The highest BCUT2D eigenvalue weighted by Gasteiger charge is 2.22. The van der Waals surface area contributed by atoms with Gasteiger partial charge in [-0.15, -0.1) is 0 Å². The van der Waals surface area contributed by atoms with Crippen LogP contribution in [0.5, 0.6) is 5.75 Å². The lowest BCUT2D eigenvalue weighted by atomic mass is 9.96. The number of fused-ring (bicyclic) bond motifs is 1. The predicted molar refractivity (Wildman–Crippen MR) is 62.3 cm³/mol. The van der Waals surface area contributed by atoms with Crippen LogP contribution < -0.4 is 4.74 Å². The zero-order valence-corrected chi connectivity index (χ0v) is 9.79. The van der Waals surface area contributed by atoms with Gasteiger partial charge < -0.3 is 4.74 Å². The average molecular weight is 255 g/mol. The third kappa shape index (κ3) is 2.11. The highest BCUT2D eigenvalue weighted by molar-refractivity contribution is 9.09. The van der Waals surface area contributed by atoms with Crippen molar-refractivity contribution in [1.82, 2.24) is 0 Å². The van der Waals surface area contributed by atoms with E-state index in [1.165, 1.54) is 24.8 Å². The summed E-state index contributed by atoms with van der Waals surface area (Å²) in [5.74, 6) is 1.72. The first kappa shape index (κ1) is 10.0. The summed E-state index contributed by atoms with van der Waals surface area (Å²) in [6, 6.07) is 8.41. The summed E-state index contributed by atoms with van der Waals surface area (Å²) in [6.07, 6.45) is 3.80. The van der Waals surface area contributed by atoms with Gasteiger partial charge in [0.15, 0.2) is 0 Å². The molecule has 1 nitrogen and oxygen atoms in total. The molecule has 0 N–H and O–H groups in total. The van der Waals surface area contributed by atoms with Crippen molar-refractivity contribution >= 4 is 15.9 Å². The van der Waals surface area contributed by atoms with Crippen LogP contribution in [0.3, 0.4) is 0 Å². The van der Waals surface area contributed by atoms with E-state index in [2.05, 4.69) is 34.1 Å². The normalized spacial score (nSPS) is 19.1. The van der Waals surface area contributed by atoms with Gasteiger partial charge in [-0.1, -0.05) is 40.5 Å². The molecule has 0 bridgehead atoms. The lowest BCUT2D eigenvalue weighted by molar-refractivity contribution is 0.323. The smallest absolute Gasteiger partial charge is 0.122 e. The van der Waals surface area contributed by atoms with Crippen molar-refractivity contribution < 1.29 is 4.74 Å². The van der Waals surface area contributed by atoms with Gasteiger partial charge in [0.25, 0.3) is 0 Å². The first-order valence-electron chi connectivity index (χ1n) is 5.19. The minimum absolute atomic E-state index is 0.630. The third-order valence-corrected chi connectivity index (χ3v) is 3.30. The van der Waals surface area contributed by atoms with Crippen molar-refractivity contribution in [2.75, 3.05) is 11.9 Å². The lowest BCUT2D eigenvalue weighted by Gasteiger charge is -2.06. The molecule has 2 rings (SSSR count). The number of halogens is 1. The molecule has 0 aromatic heterocycles. The van der Waals surface area contributed by atoms with Gasteiger partial charge in [-0.2, -0.15) is 0 Å². The van der Waals surface area contributed by atoms with Gasteiger partial charge in [-0.3, -0.25) is 0 Å². The number of ether oxygens (including phenoxy) is 1. The molecule has 0 spiro atoms. The van der Waals surface area contributed by atoms with Gasteiger partial charge in [-0.05, 0) is 18.9 Å². The standard InChI is InChI=1S/C12H15BrO/c13-8-4-3-5-10-9-14-12-7-2-1-6-11(10)12/h1-2,6-7,10H,3-5,8-9H2. The minimum Gasteiger partial charge on any atom is -0.493 e. The van der Waals surface area contributed by atoms with Gasteiger partial charge in [-0.25, -0.2) is 0 Å². The van der Waals surface area contributed by atoms with Gasteiger partial charge in [0.1, 0.15) is 5.75 Å². The summed E-state index contributed by atoms with van der Waals surface area (Å²) in [5, 5.41) is 1.11. The Morgan fingerprint density at radius 2 is 2.14 bits per heavy atom. The van der Waals surface area contributed by atoms with Crippen LogP contribution in [0.15, 0.2) is 24.3 Å². The SMILES string of the molecule is BrCCCCC1COc2ccccc21. The summed E-state index contributed by atoms with van der Waals surface area (Å²) in [6.45, 7) is 0.877. The minimum atomic E-state index is 0.630. The van der Waals surface area contributed by atoms with Crippen LogP contribution in [0.4, 0.5) is 0 Å². The van der Waals surface area contributed by atoms with Crippen LogP contribution in [0.2, 0.25) is 0 Å². The zero-order chi connectivity index (χ0) is 9.80. The van der Waals surface area contributed by atoms with E-state index in [4.69, 9.17) is 4.74 Å². The molecule has 0 saturated heterocycles. The molecule has 1 aromatic rings. The molecule has 1 heterocycles. The van der Waals surface area contributed by atoms with E-state index < -0.39 is 0 Å². The van der Waals surface area contributed by atoms with Crippen LogP contribution in [-0.2, 0) is 0 Å². The van der Waals surface area contributed by atoms with E-state index in [0.29, 0.717) is 5.92 Å². The molecule has 2 heteroatoms. The highest BCUT2D eigenvalue weighted by Crippen LogP contribution is 2.36. The van der Waals surface area contributed by atoms with Crippen LogP contribution in [0.25, 0.3) is 0 Å². The fourth-order valence-corrected chi connectivity index (χ4v) is 2.35. The molecular formula is C12H15BrO. The number of benzene rings is 1. The van der Waals surface area contributed by atoms with Crippen molar-refractivity contribution in [1.29, 1.82) is 0 Å². The van der Waals surface area contributed by atoms with Crippen LogP contribution in [-0.4, -0.2) is 11.9 Å². The van der Waals surface area contributed by atoms with Gasteiger partial charge in [0.05, 0.1) is 6.61 Å². The molecule has 1 atom stereocenters. The first-order valence-corrected chi connectivity index (χ1v) is 6.31. The molecule has 0 amide bonds. The molecule has 0 fully saturated rings. The Morgan fingerprint density at radius 3 is 3.00 bits per heavy atom. The fourth-order valence-electron chi connectivity index (χ4n) is 1.95. The van der Waals surface area contributed by atoms with Crippen LogP contribution >= 0.6 is 15.9 Å². The Labute approximate surface area is 93.6 Å². The molecule has 1 aliphatic heterocycles. The van der Waals surface area contributed by atoms with Gasteiger partial charge >= 0.3 is 0 Å². The number of para-hydroxylation sites is 1. The van der Waals surface area contributed by atoms with E-state index in [9.17, 15) is 0 Å². The second-order valence-corrected chi connectivity index (χ2v) is 4.52. The Morgan fingerprint density at radius 1 is 1.29 bits per heavy atom. The number of unbranched alkanes of at least 4 members (excludes halogenated alkanes) is 1. The maximum absolute atomic E-state index is 5.63. The summed E-state index contributed by atoms with van der Waals surface area (Å²) in [5.41, 5.74) is 1.40.